The lowest BCUT2D eigenvalue weighted by Gasteiger charge is -2.26. The monoisotopic (exact) mass is 613 g/mol. The van der Waals surface area contributed by atoms with Gasteiger partial charge in [-0.1, -0.05) is 110 Å². The van der Waals surface area contributed by atoms with Gasteiger partial charge in [0, 0.05) is 33.2 Å². The van der Waals surface area contributed by atoms with Crippen LogP contribution >= 0.6 is 0 Å². The molecule has 2 aromatic heterocycles. The lowest BCUT2D eigenvalue weighted by Crippen LogP contribution is -2.09. The molecule has 0 atom stereocenters. The minimum absolute atomic E-state index is 0.508. The van der Waals surface area contributed by atoms with E-state index in [4.69, 9.17) is 15.0 Å². The highest BCUT2D eigenvalue weighted by molar-refractivity contribution is 6.09. The van der Waals surface area contributed by atoms with Crippen LogP contribution in [0.15, 0.2) is 146 Å². The molecule has 2 heterocycles. The largest absolute Gasteiger partial charge is 0.309 e. The van der Waals surface area contributed by atoms with Gasteiger partial charge in [-0.15, -0.1) is 0 Å². The van der Waals surface area contributed by atoms with E-state index in [1.165, 1.54) is 21.9 Å². The molecule has 0 bridgehead atoms. The minimum atomic E-state index is 0.508. The second-order valence-electron chi connectivity index (χ2n) is 12.1. The molecule has 0 fully saturated rings. The van der Waals surface area contributed by atoms with Crippen LogP contribution in [0, 0.1) is 11.3 Å². The molecule has 6 aromatic carbocycles. The zero-order valence-corrected chi connectivity index (χ0v) is 25.9. The van der Waals surface area contributed by atoms with E-state index in [0.717, 1.165) is 56.5 Å². The number of hydrogen-bond acceptors (Lipinski definition) is 4. The summed E-state index contributed by atoms with van der Waals surface area (Å²) >= 11 is 0. The normalized spacial score (nSPS) is 12.1. The summed E-state index contributed by atoms with van der Waals surface area (Å²) < 4.78 is 2.34. The van der Waals surface area contributed by atoms with E-state index in [9.17, 15) is 5.26 Å². The van der Waals surface area contributed by atoms with Crippen LogP contribution in [-0.2, 0) is 6.42 Å². The number of nitriles is 1. The van der Waals surface area contributed by atoms with Gasteiger partial charge in [0.15, 0.2) is 17.5 Å². The molecule has 0 saturated heterocycles. The highest BCUT2D eigenvalue weighted by Gasteiger charge is 2.26. The molecule has 8 aromatic rings. The summed E-state index contributed by atoms with van der Waals surface area (Å²) in [5.41, 5.74) is 11.9. The Balaban J connectivity index is 1.39. The molecule has 48 heavy (non-hydrogen) atoms. The van der Waals surface area contributed by atoms with Crippen LogP contribution < -0.4 is 0 Å². The first kappa shape index (κ1) is 27.7. The Kier molecular flexibility index (Phi) is 6.34. The number of aromatic nitrogens is 4. The smallest absolute Gasteiger partial charge is 0.164 e. The Morgan fingerprint density at radius 3 is 1.92 bits per heavy atom. The second-order valence-corrected chi connectivity index (χ2v) is 12.1. The minimum Gasteiger partial charge on any atom is -0.309 e. The molecule has 0 N–H and O–H groups in total. The number of hydrogen-bond donors (Lipinski definition) is 0. The topological polar surface area (TPSA) is 67.4 Å². The van der Waals surface area contributed by atoms with Gasteiger partial charge in [0.05, 0.1) is 22.7 Å². The number of benzene rings is 6. The Morgan fingerprint density at radius 1 is 0.562 bits per heavy atom. The zero-order chi connectivity index (χ0) is 32.2. The van der Waals surface area contributed by atoms with Gasteiger partial charge in [-0.05, 0) is 70.6 Å². The van der Waals surface area contributed by atoms with Crippen molar-refractivity contribution in [3.63, 3.8) is 0 Å². The van der Waals surface area contributed by atoms with E-state index in [0.29, 0.717) is 23.0 Å². The summed E-state index contributed by atoms with van der Waals surface area (Å²) in [5, 5.41) is 12.1. The number of allylic oxidation sites excluding steroid dienone is 1. The molecule has 9 rings (SSSR count). The number of fused-ring (bicyclic) bond motifs is 6. The van der Waals surface area contributed by atoms with Crippen molar-refractivity contribution < 1.29 is 0 Å². The Hall–Kier alpha value is -6.64. The van der Waals surface area contributed by atoms with Crippen LogP contribution in [0.1, 0.15) is 16.7 Å². The molecule has 0 saturated carbocycles. The molecular formula is C43H27N5. The summed E-state index contributed by atoms with van der Waals surface area (Å²) in [6.45, 7) is 4.60. The van der Waals surface area contributed by atoms with Crippen LogP contribution in [0.4, 0.5) is 0 Å². The van der Waals surface area contributed by atoms with Crippen LogP contribution in [0.2, 0.25) is 0 Å². The quantitative estimate of drug-likeness (QED) is 0.198. The number of para-hydroxylation sites is 2. The average molecular weight is 614 g/mol. The maximum absolute atomic E-state index is 9.67. The first-order valence-corrected chi connectivity index (χ1v) is 15.9. The van der Waals surface area contributed by atoms with Crippen molar-refractivity contribution in [3.8, 4) is 57.0 Å². The standard InChI is InChI=1S/C43H27N5/c1-27-22-30-15-5-6-17-33(30)36-24-32(48-38-20-9-7-18-34(38)35-19-8-10-21-39(35)48)25-37(40(27)36)43-46-41(29-13-3-2-4-14-29)45-42(47-43)31-16-11-12-28(23-31)26-44/h2-21,23-25H,1,22H2. The Bertz CT molecular complexity index is 2570. The molecule has 0 aliphatic heterocycles. The van der Waals surface area contributed by atoms with Crippen LogP contribution in [0.5, 0.6) is 0 Å². The van der Waals surface area contributed by atoms with Gasteiger partial charge >= 0.3 is 0 Å². The predicted octanol–water partition coefficient (Wildman–Crippen LogP) is 10.1. The number of rotatable bonds is 4. The third kappa shape index (κ3) is 4.43. The van der Waals surface area contributed by atoms with E-state index in [1.807, 2.05) is 48.5 Å². The van der Waals surface area contributed by atoms with Gasteiger partial charge in [0.2, 0.25) is 0 Å². The first-order chi connectivity index (χ1) is 23.7. The Labute approximate surface area is 277 Å². The summed E-state index contributed by atoms with van der Waals surface area (Å²) in [5.74, 6) is 1.63. The SMILES string of the molecule is C=C1Cc2ccccc2-c2cc(-n3c4ccccc4c4ccccc43)cc(-c3nc(-c4ccccc4)nc(-c4cccc(C#N)c4)n3)c21. The van der Waals surface area contributed by atoms with Crippen molar-refractivity contribution in [2.45, 2.75) is 6.42 Å². The highest BCUT2D eigenvalue weighted by Crippen LogP contribution is 2.45. The van der Waals surface area contributed by atoms with Crippen LogP contribution in [0.3, 0.4) is 0 Å². The zero-order valence-electron chi connectivity index (χ0n) is 25.9. The second kappa shape index (κ2) is 11.0. The van der Waals surface area contributed by atoms with Gasteiger partial charge in [0.25, 0.3) is 0 Å². The molecule has 0 radical (unpaired) electrons. The van der Waals surface area contributed by atoms with Crippen LogP contribution in [0.25, 0.3) is 78.4 Å². The summed E-state index contributed by atoms with van der Waals surface area (Å²) in [6.07, 6.45) is 0.735. The lowest BCUT2D eigenvalue weighted by molar-refractivity contribution is 1.07. The van der Waals surface area contributed by atoms with E-state index in [1.54, 1.807) is 6.07 Å². The van der Waals surface area contributed by atoms with Gasteiger partial charge in [-0.3, -0.25) is 0 Å². The van der Waals surface area contributed by atoms with Crippen molar-refractivity contribution in [2.24, 2.45) is 0 Å². The third-order valence-electron chi connectivity index (χ3n) is 9.18. The predicted molar refractivity (Wildman–Crippen MR) is 193 cm³/mol. The molecule has 0 unspecified atom stereocenters. The van der Waals surface area contributed by atoms with Crippen molar-refractivity contribution in [1.82, 2.24) is 19.5 Å². The first-order valence-electron chi connectivity index (χ1n) is 15.9. The Morgan fingerprint density at radius 2 is 1.17 bits per heavy atom. The van der Waals surface area contributed by atoms with Gasteiger partial charge in [-0.25, -0.2) is 15.0 Å². The van der Waals surface area contributed by atoms with E-state index in [2.05, 4.69) is 102 Å². The molecule has 0 amide bonds. The third-order valence-corrected chi connectivity index (χ3v) is 9.18. The molecule has 224 valence electrons. The van der Waals surface area contributed by atoms with Gasteiger partial charge < -0.3 is 4.57 Å². The molecule has 5 heteroatoms. The van der Waals surface area contributed by atoms with Gasteiger partial charge in [0.1, 0.15) is 0 Å². The van der Waals surface area contributed by atoms with E-state index in [-0.39, 0.29) is 0 Å². The van der Waals surface area contributed by atoms with Crippen molar-refractivity contribution >= 4 is 27.4 Å². The van der Waals surface area contributed by atoms with Crippen LogP contribution in [-0.4, -0.2) is 19.5 Å². The summed E-state index contributed by atoms with van der Waals surface area (Å²) in [7, 11) is 0. The van der Waals surface area contributed by atoms with E-state index < -0.39 is 0 Å². The van der Waals surface area contributed by atoms with Crippen molar-refractivity contribution in [1.29, 1.82) is 5.26 Å². The van der Waals surface area contributed by atoms with Crippen molar-refractivity contribution in [3.05, 3.63) is 163 Å². The fourth-order valence-electron chi connectivity index (χ4n) is 7.05. The maximum atomic E-state index is 9.67. The lowest BCUT2D eigenvalue weighted by atomic mass is 9.80. The molecule has 5 nitrogen and oxygen atoms in total. The highest BCUT2D eigenvalue weighted by atomic mass is 15.0. The molecule has 0 spiro atoms. The fraction of sp³-hybridized carbons (Fsp3) is 0.0233. The maximum Gasteiger partial charge on any atom is 0.164 e. The summed E-state index contributed by atoms with van der Waals surface area (Å²) in [4.78, 5) is 15.2. The summed E-state index contributed by atoms with van der Waals surface area (Å²) in [6, 6.07) is 49.8. The fourth-order valence-corrected chi connectivity index (χ4v) is 7.05. The van der Waals surface area contributed by atoms with Gasteiger partial charge in [-0.2, -0.15) is 5.26 Å². The molecular weight excluding hydrogens is 587 g/mol. The van der Waals surface area contributed by atoms with E-state index >= 15 is 0 Å². The molecule has 1 aliphatic carbocycles. The average Bonchev–Trinajstić information content (AvgIpc) is 3.49. The van der Waals surface area contributed by atoms with Crippen molar-refractivity contribution in [2.75, 3.05) is 0 Å². The molecule has 1 aliphatic rings. The number of nitrogens with zero attached hydrogens (tertiary/aromatic N) is 5.